The van der Waals surface area contributed by atoms with Crippen molar-refractivity contribution in [3.05, 3.63) is 42.5 Å². The van der Waals surface area contributed by atoms with Gasteiger partial charge in [-0.2, -0.15) is 4.72 Å². The van der Waals surface area contributed by atoms with Crippen LogP contribution in [0.5, 0.6) is 0 Å². The first kappa shape index (κ1) is 26.3. The average molecular weight is 520 g/mol. The first-order chi connectivity index (χ1) is 17.3. The lowest BCUT2D eigenvalue weighted by Crippen LogP contribution is -2.52. The summed E-state index contributed by atoms with van der Waals surface area (Å²) in [4.78, 5) is 27.3. The fourth-order valence-electron chi connectivity index (χ4n) is 4.92. The smallest absolute Gasteiger partial charge is 0.407 e. The molecule has 11 heteroatoms. The molecule has 10 nitrogen and oxygen atoms in total. The summed E-state index contributed by atoms with van der Waals surface area (Å²) in [5, 5.41) is 20.6. The molecular weight excluding hydrogens is 486 g/mol. The molecule has 2 aromatic rings. The highest BCUT2D eigenvalue weighted by atomic mass is 32.2. The molecule has 0 spiro atoms. The number of fused-ring (bicyclic) bond motifs is 1. The number of nitrogens with zero attached hydrogens (tertiary/aromatic N) is 2. The van der Waals surface area contributed by atoms with Crippen molar-refractivity contribution in [1.82, 2.24) is 14.5 Å². The van der Waals surface area contributed by atoms with Crippen molar-refractivity contribution in [1.29, 1.82) is 0 Å². The second-order valence-corrected chi connectivity index (χ2v) is 11.2. The van der Waals surface area contributed by atoms with E-state index < -0.39 is 34.7 Å². The van der Waals surface area contributed by atoms with Gasteiger partial charge in [0.2, 0.25) is 15.9 Å². The van der Waals surface area contributed by atoms with Gasteiger partial charge in [-0.25, -0.2) is 13.2 Å². The van der Waals surface area contributed by atoms with E-state index in [0.717, 1.165) is 36.5 Å². The Labute approximate surface area is 210 Å². The number of benzene rings is 2. The maximum absolute atomic E-state index is 13.2. The van der Waals surface area contributed by atoms with E-state index in [9.17, 15) is 23.1 Å². The molecule has 2 amide bonds. The Balaban J connectivity index is 1.33. The minimum absolute atomic E-state index is 0.0303. The van der Waals surface area contributed by atoms with Crippen LogP contribution in [-0.4, -0.2) is 92.0 Å². The van der Waals surface area contributed by atoms with Crippen LogP contribution in [0.4, 0.5) is 4.79 Å². The lowest BCUT2D eigenvalue weighted by atomic mass is 9.98. The highest BCUT2D eigenvalue weighted by molar-refractivity contribution is 7.89. The quantitative estimate of drug-likeness (QED) is 0.460. The Morgan fingerprint density at radius 2 is 1.75 bits per heavy atom. The Hall–Kier alpha value is -2.73. The molecule has 2 aliphatic heterocycles. The molecule has 2 aliphatic rings. The van der Waals surface area contributed by atoms with Crippen LogP contribution in [0.25, 0.3) is 10.8 Å². The zero-order chi connectivity index (χ0) is 25.7. The van der Waals surface area contributed by atoms with Gasteiger partial charge in [0, 0.05) is 26.2 Å². The normalized spacial score (nSPS) is 20.1. The van der Waals surface area contributed by atoms with Crippen LogP contribution in [0.15, 0.2) is 47.4 Å². The first-order valence-electron chi connectivity index (χ1n) is 12.3. The van der Waals surface area contributed by atoms with Gasteiger partial charge in [0.1, 0.15) is 6.04 Å². The average Bonchev–Trinajstić information content (AvgIpc) is 3.35. The van der Waals surface area contributed by atoms with Crippen LogP contribution in [0.2, 0.25) is 0 Å². The number of carbonyl (C=O) groups is 2. The van der Waals surface area contributed by atoms with Gasteiger partial charge < -0.3 is 24.7 Å². The van der Waals surface area contributed by atoms with E-state index in [0.29, 0.717) is 32.8 Å². The molecule has 0 unspecified atom stereocenters. The van der Waals surface area contributed by atoms with Gasteiger partial charge in [0.05, 0.1) is 24.2 Å². The summed E-state index contributed by atoms with van der Waals surface area (Å²) in [6, 6.07) is 10.6. The van der Waals surface area contributed by atoms with E-state index in [2.05, 4.69) is 4.72 Å². The molecule has 0 aliphatic carbocycles. The Morgan fingerprint density at radius 3 is 2.44 bits per heavy atom. The highest BCUT2D eigenvalue weighted by Crippen LogP contribution is 2.23. The number of ether oxygens (including phenoxy) is 1. The van der Waals surface area contributed by atoms with Crippen LogP contribution < -0.4 is 4.72 Å². The van der Waals surface area contributed by atoms with Crippen LogP contribution in [0.1, 0.15) is 25.7 Å². The largest absolute Gasteiger partial charge is 0.465 e. The summed E-state index contributed by atoms with van der Waals surface area (Å²) in [5.41, 5.74) is 0. The first-order valence-corrected chi connectivity index (χ1v) is 13.7. The van der Waals surface area contributed by atoms with Crippen LogP contribution in [0.3, 0.4) is 0 Å². The molecule has 0 radical (unpaired) electrons. The van der Waals surface area contributed by atoms with Gasteiger partial charge in [-0.15, -0.1) is 0 Å². The summed E-state index contributed by atoms with van der Waals surface area (Å²) >= 11 is 0. The molecule has 4 rings (SSSR count). The monoisotopic (exact) mass is 519 g/mol. The van der Waals surface area contributed by atoms with Gasteiger partial charge in [0.25, 0.3) is 0 Å². The Bertz CT molecular complexity index is 1180. The molecule has 2 aromatic carbocycles. The number of hydrogen-bond donors (Lipinski definition) is 3. The van der Waals surface area contributed by atoms with Gasteiger partial charge in [0.15, 0.2) is 0 Å². The molecule has 0 saturated carbocycles. The SMILES string of the molecule is O=C(O)N1CCC(COC[C@@H]2CCCN2C(=O)[C@@H](CO)NS(=O)(=O)c2ccc3ccccc3c2)CC1. The van der Waals surface area contributed by atoms with Gasteiger partial charge in [-0.3, -0.25) is 4.79 Å². The highest BCUT2D eigenvalue weighted by Gasteiger charge is 2.35. The Kier molecular flexibility index (Phi) is 8.45. The zero-order valence-corrected chi connectivity index (χ0v) is 20.9. The summed E-state index contributed by atoms with van der Waals surface area (Å²) in [5.74, 6) is -0.201. The number of carboxylic acid groups (broad SMARTS) is 1. The maximum Gasteiger partial charge on any atom is 0.407 e. The van der Waals surface area contributed by atoms with E-state index in [1.807, 2.05) is 24.3 Å². The van der Waals surface area contributed by atoms with Crippen LogP contribution in [0, 0.1) is 5.92 Å². The van der Waals surface area contributed by atoms with Crippen LogP contribution in [-0.2, 0) is 19.6 Å². The zero-order valence-electron chi connectivity index (χ0n) is 20.1. The van der Waals surface area contributed by atoms with Gasteiger partial charge in [-0.1, -0.05) is 30.3 Å². The van der Waals surface area contributed by atoms with Crippen LogP contribution >= 0.6 is 0 Å². The number of likely N-dealkylation sites (tertiary alicyclic amines) is 2. The summed E-state index contributed by atoms with van der Waals surface area (Å²) in [6.07, 6.45) is 2.08. The lowest BCUT2D eigenvalue weighted by molar-refractivity contribution is -0.136. The third-order valence-electron chi connectivity index (χ3n) is 7.02. The second kappa shape index (κ2) is 11.5. The van der Waals surface area contributed by atoms with E-state index in [1.165, 1.54) is 11.0 Å². The predicted octanol–water partition coefficient (Wildman–Crippen LogP) is 1.88. The molecule has 0 aromatic heterocycles. The Morgan fingerprint density at radius 1 is 1.03 bits per heavy atom. The third-order valence-corrected chi connectivity index (χ3v) is 8.49. The number of aliphatic hydroxyl groups is 1. The van der Waals surface area contributed by atoms with E-state index in [1.54, 1.807) is 17.0 Å². The second-order valence-electron chi connectivity index (χ2n) is 9.44. The van der Waals surface area contributed by atoms with Gasteiger partial charge in [-0.05, 0) is 54.5 Å². The van der Waals surface area contributed by atoms with Crippen molar-refractivity contribution >= 4 is 32.8 Å². The van der Waals surface area contributed by atoms with Crippen molar-refractivity contribution in [2.45, 2.75) is 42.7 Å². The lowest BCUT2D eigenvalue weighted by Gasteiger charge is -2.31. The number of sulfonamides is 1. The molecule has 0 bridgehead atoms. The molecule has 3 N–H and O–H groups in total. The van der Waals surface area contributed by atoms with E-state index in [4.69, 9.17) is 9.84 Å². The summed E-state index contributed by atoms with van der Waals surface area (Å²) in [6.45, 7) is 1.61. The fourth-order valence-corrected chi connectivity index (χ4v) is 6.13. The maximum atomic E-state index is 13.2. The standard InChI is InChI=1S/C25H33N3O7S/c29-15-23(26-36(33,34)22-8-7-19-4-1-2-5-20(19)14-22)24(30)28-11-3-6-21(28)17-35-16-18-9-12-27(13-10-18)25(31)32/h1-2,4-5,7-8,14,18,21,23,26,29H,3,6,9-13,15-17H2,(H,31,32)/t21-,23+/m0/s1. The molecule has 2 heterocycles. The van der Waals surface area contributed by atoms with Crippen molar-refractivity contribution in [3.8, 4) is 0 Å². The molecule has 196 valence electrons. The van der Waals surface area contributed by atoms with Crippen molar-refractivity contribution in [3.63, 3.8) is 0 Å². The molecule has 2 saturated heterocycles. The molecule has 2 fully saturated rings. The molecular formula is C25H33N3O7S. The number of rotatable bonds is 9. The number of piperidine rings is 1. The van der Waals surface area contributed by atoms with E-state index in [-0.39, 0.29) is 16.9 Å². The van der Waals surface area contributed by atoms with E-state index >= 15 is 0 Å². The topological polar surface area (TPSA) is 136 Å². The van der Waals surface area contributed by atoms with Crippen molar-refractivity contribution in [2.24, 2.45) is 5.92 Å². The fraction of sp³-hybridized carbons (Fsp3) is 0.520. The number of aliphatic hydroxyl groups excluding tert-OH is 1. The minimum atomic E-state index is -4.03. The van der Waals surface area contributed by atoms with Gasteiger partial charge >= 0.3 is 6.09 Å². The molecule has 2 atom stereocenters. The number of nitrogens with one attached hydrogen (secondary N) is 1. The van der Waals surface area contributed by atoms with Crippen molar-refractivity contribution in [2.75, 3.05) is 39.5 Å². The minimum Gasteiger partial charge on any atom is -0.465 e. The third kappa shape index (κ3) is 6.15. The molecule has 36 heavy (non-hydrogen) atoms. The van der Waals surface area contributed by atoms with Crippen molar-refractivity contribution < 1.29 is 33.0 Å². The summed E-state index contributed by atoms with van der Waals surface area (Å²) in [7, 11) is -4.03. The summed E-state index contributed by atoms with van der Waals surface area (Å²) < 4.78 is 34.3. The number of amides is 2. The number of carbonyl (C=O) groups excluding carboxylic acids is 1. The number of hydrogen-bond acceptors (Lipinski definition) is 6. The predicted molar refractivity (Wildman–Crippen MR) is 133 cm³/mol.